The highest BCUT2D eigenvalue weighted by Gasteiger charge is 2.16. The van der Waals surface area contributed by atoms with Crippen LogP contribution >= 0.6 is 0 Å². The second-order valence-corrected chi connectivity index (χ2v) is 7.06. The van der Waals surface area contributed by atoms with Crippen LogP contribution in [-0.4, -0.2) is 28.6 Å². The normalized spacial score (nSPS) is 11.2. The Morgan fingerprint density at radius 2 is 1.57 bits per heavy atom. The van der Waals surface area contributed by atoms with Gasteiger partial charge in [0.25, 0.3) is 0 Å². The van der Waals surface area contributed by atoms with Crippen molar-refractivity contribution >= 4 is 27.6 Å². The SMILES string of the molecule is CN(C)c1ccc(-c2nc3cccnc3n2-c2cccc3ccccc23)cc1. The van der Waals surface area contributed by atoms with Gasteiger partial charge in [-0.3, -0.25) is 4.57 Å². The van der Waals surface area contributed by atoms with Crippen LogP contribution in [-0.2, 0) is 0 Å². The largest absolute Gasteiger partial charge is 0.378 e. The predicted molar refractivity (Wildman–Crippen MR) is 116 cm³/mol. The maximum absolute atomic E-state index is 4.93. The molecule has 0 aliphatic rings. The summed E-state index contributed by atoms with van der Waals surface area (Å²) in [4.78, 5) is 11.7. The lowest BCUT2D eigenvalue weighted by Crippen LogP contribution is -2.08. The number of imidazole rings is 1. The van der Waals surface area contributed by atoms with Gasteiger partial charge in [-0.05, 0) is 47.9 Å². The number of aromatic nitrogens is 3. The van der Waals surface area contributed by atoms with Crippen LogP contribution in [0.4, 0.5) is 5.69 Å². The minimum Gasteiger partial charge on any atom is -0.378 e. The van der Waals surface area contributed by atoms with Crippen LogP contribution in [0.2, 0.25) is 0 Å². The highest BCUT2D eigenvalue weighted by Crippen LogP contribution is 2.32. The third-order valence-corrected chi connectivity index (χ3v) is 5.07. The van der Waals surface area contributed by atoms with E-state index in [1.807, 2.05) is 32.4 Å². The Hall–Kier alpha value is -3.66. The van der Waals surface area contributed by atoms with E-state index in [9.17, 15) is 0 Å². The van der Waals surface area contributed by atoms with Crippen molar-refractivity contribution in [3.05, 3.63) is 85.1 Å². The molecule has 136 valence electrons. The fraction of sp³-hybridized carbons (Fsp3) is 0.0833. The van der Waals surface area contributed by atoms with Crippen LogP contribution in [0.1, 0.15) is 0 Å². The van der Waals surface area contributed by atoms with Gasteiger partial charge < -0.3 is 4.90 Å². The fourth-order valence-corrected chi connectivity index (χ4v) is 3.65. The molecule has 3 aromatic carbocycles. The van der Waals surface area contributed by atoms with Gasteiger partial charge in [0.1, 0.15) is 11.3 Å². The summed E-state index contributed by atoms with van der Waals surface area (Å²) in [7, 11) is 4.09. The number of nitrogens with zero attached hydrogens (tertiary/aromatic N) is 4. The van der Waals surface area contributed by atoms with Crippen molar-refractivity contribution in [2.24, 2.45) is 0 Å². The van der Waals surface area contributed by atoms with E-state index in [-0.39, 0.29) is 0 Å². The molecular weight excluding hydrogens is 344 g/mol. The molecule has 0 unspecified atom stereocenters. The highest BCUT2D eigenvalue weighted by atomic mass is 15.1. The molecule has 0 fully saturated rings. The molecule has 2 aromatic heterocycles. The van der Waals surface area contributed by atoms with Gasteiger partial charge in [0.15, 0.2) is 5.65 Å². The summed E-state index contributed by atoms with van der Waals surface area (Å²) in [5.74, 6) is 0.898. The molecule has 0 radical (unpaired) electrons. The van der Waals surface area contributed by atoms with Gasteiger partial charge in [-0.2, -0.15) is 0 Å². The molecule has 4 heteroatoms. The first-order valence-electron chi connectivity index (χ1n) is 9.32. The second kappa shape index (κ2) is 6.50. The summed E-state index contributed by atoms with van der Waals surface area (Å²) in [5, 5.41) is 2.38. The minimum atomic E-state index is 0.866. The summed E-state index contributed by atoms with van der Waals surface area (Å²) in [6.45, 7) is 0. The van der Waals surface area contributed by atoms with E-state index in [1.165, 1.54) is 10.8 Å². The van der Waals surface area contributed by atoms with Crippen LogP contribution in [0.15, 0.2) is 85.1 Å². The number of benzene rings is 3. The van der Waals surface area contributed by atoms with Gasteiger partial charge in [0.05, 0.1) is 5.69 Å². The van der Waals surface area contributed by atoms with Gasteiger partial charge >= 0.3 is 0 Å². The smallest absolute Gasteiger partial charge is 0.164 e. The zero-order valence-corrected chi connectivity index (χ0v) is 15.9. The molecule has 2 heterocycles. The van der Waals surface area contributed by atoms with Crippen molar-refractivity contribution in [3.63, 3.8) is 0 Å². The predicted octanol–water partition coefficient (Wildman–Crippen LogP) is 5.31. The molecule has 0 spiro atoms. The van der Waals surface area contributed by atoms with E-state index in [4.69, 9.17) is 4.98 Å². The molecule has 0 aliphatic carbocycles. The van der Waals surface area contributed by atoms with Crippen LogP contribution in [0.3, 0.4) is 0 Å². The van der Waals surface area contributed by atoms with Crippen molar-refractivity contribution < 1.29 is 0 Å². The second-order valence-electron chi connectivity index (χ2n) is 7.06. The van der Waals surface area contributed by atoms with Crippen LogP contribution in [0.5, 0.6) is 0 Å². The van der Waals surface area contributed by atoms with E-state index in [0.717, 1.165) is 33.9 Å². The zero-order chi connectivity index (χ0) is 19.1. The number of rotatable bonds is 3. The first-order valence-corrected chi connectivity index (χ1v) is 9.32. The lowest BCUT2D eigenvalue weighted by Gasteiger charge is -2.14. The van der Waals surface area contributed by atoms with E-state index < -0.39 is 0 Å². The average molecular weight is 364 g/mol. The molecule has 0 aliphatic heterocycles. The molecule has 0 saturated heterocycles. The van der Waals surface area contributed by atoms with Crippen molar-refractivity contribution in [1.29, 1.82) is 0 Å². The van der Waals surface area contributed by atoms with Crippen LogP contribution in [0.25, 0.3) is 39.0 Å². The van der Waals surface area contributed by atoms with Gasteiger partial charge in [-0.1, -0.05) is 36.4 Å². The molecule has 5 aromatic rings. The Kier molecular flexibility index (Phi) is 3.83. The highest BCUT2D eigenvalue weighted by molar-refractivity contribution is 5.93. The number of hydrogen-bond acceptors (Lipinski definition) is 3. The topological polar surface area (TPSA) is 34.0 Å². The molecule has 0 N–H and O–H groups in total. The number of pyridine rings is 1. The van der Waals surface area contributed by atoms with E-state index in [0.29, 0.717) is 0 Å². The Bertz CT molecular complexity index is 1280. The monoisotopic (exact) mass is 364 g/mol. The van der Waals surface area contributed by atoms with Gasteiger partial charge in [-0.15, -0.1) is 0 Å². The third kappa shape index (κ3) is 2.62. The number of hydrogen-bond donors (Lipinski definition) is 0. The van der Waals surface area contributed by atoms with Gasteiger partial charge in [0.2, 0.25) is 0 Å². The molecule has 0 amide bonds. The third-order valence-electron chi connectivity index (χ3n) is 5.07. The lowest BCUT2D eigenvalue weighted by atomic mass is 10.1. The van der Waals surface area contributed by atoms with Crippen LogP contribution < -0.4 is 4.90 Å². The minimum absolute atomic E-state index is 0.866. The Labute approximate surface area is 163 Å². The Morgan fingerprint density at radius 3 is 2.39 bits per heavy atom. The van der Waals surface area contributed by atoms with Crippen LogP contribution in [0, 0.1) is 0 Å². The van der Waals surface area contributed by atoms with E-state index >= 15 is 0 Å². The molecule has 5 rings (SSSR count). The van der Waals surface area contributed by atoms with Crippen molar-refractivity contribution in [2.75, 3.05) is 19.0 Å². The standard InChI is InChI=1S/C24H20N4/c1-27(2)19-14-12-18(13-15-19)23-26-21-10-6-16-25-24(21)28(23)22-11-5-8-17-7-3-4-9-20(17)22/h3-16H,1-2H3. The van der Waals surface area contributed by atoms with Crippen molar-refractivity contribution in [1.82, 2.24) is 14.5 Å². The first kappa shape index (κ1) is 16.5. The van der Waals surface area contributed by atoms with Gasteiger partial charge in [-0.25, -0.2) is 9.97 Å². The summed E-state index contributed by atoms with van der Waals surface area (Å²) in [6, 6.07) is 27.2. The molecule has 4 nitrogen and oxygen atoms in total. The lowest BCUT2D eigenvalue weighted by molar-refractivity contribution is 1.09. The van der Waals surface area contributed by atoms with E-state index in [2.05, 4.69) is 81.2 Å². The molecular formula is C24H20N4. The molecule has 0 saturated carbocycles. The van der Waals surface area contributed by atoms with E-state index in [1.54, 1.807) is 0 Å². The molecule has 0 atom stereocenters. The number of anilines is 1. The maximum atomic E-state index is 4.93. The Morgan fingerprint density at radius 1 is 0.786 bits per heavy atom. The fourth-order valence-electron chi connectivity index (χ4n) is 3.65. The van der Waals surface area contributed by atoms with Crippen molar-refractivity contribution in [2.45, 2.75) is 0 Å². The summed E-state index contributed by atoms with van der Waals surface area (Å²) >= 11 is 0. The number of fused-ring (bicyclic) bond motifs is 2. The molecule has 0 bridgehead atoms. The summed E-state index contributed by atoms with van der Waals surface area (Å²) < 4.78 is 2.17. The first-order chi connectivity index (χ1) is 13.7. The van der Waals surface area contributed by atoms with Crippen molar-refractivity contribution in [3.8, 4) is 17.1 Å². The molecule has 28 heavy (non-hydrogen) atoms. The quantitative estimate of drug-likeness (QED) is 0.435. The summed E-state index contributed by atoms with van der Waals surface area (Å²) in [6.07, 6.45) is 1.82. The van der Waals surface area contributed by atoms with Gasteiger partial charge in [0, 0.05) is 36.9 Å². The summed E-state index contributed by atoms with van der Waals surface area (Å²) in [5.41, 5.74) is 5.07. The Balaban J connectivity index is 1.82. The average Bonchev–Trinajstić information content (AvgIpc) is 3.13. The maximum Gasteiger partial charge on any atom is 0.164 e. The zero-order valence-electron chi connectivity index (χ0n) is 15.9.